The van der Waals surface area contributed by atoms with Crippen LogP contribution in [0.4, 0.5) is 0 Å². The van der Waals surface area contributed by atoms with E-state index in [1.165, 1.54) is 16.9 Å². The quantitative estimate of drug-likeness (QED) is 0.370. The number of para-hydroxylation sites is 2. The van der Waals surface area contributed by atoms with Crippen molar-refractivity contribution in [2.75, 3.05) is 7.05 Å². The topological polar surface area (TPSA) is 55.2 Å². The van der Waals surface area contributed by atoms with Crippen LogP contribution >= 0.6 is 22.9 Å². The summed E-state index contributed by atoms with van der Waals surface area (Å²) in [6.45, 7) is 1.06. The predicted molar refractivity (Wildman–Crippen MR) is 130 cm³/mol. The van der Waals surface area contributed by atoms with Gasteiger partial charge in [0.1, 0.15) is 5.69 Å². The molecule has 2 heterocycles. The van der Waals surface area contributed by atoms with Crippen molar-refractivity contribution in [1.82, 2.24) is 14.5 Å². The van der Waals surface area contributed by atoms with Crippen LogP contribution in [-0.2, 0) is 30.7 Å². The van der Waals surface area contributed by atoms with Crippen molar-refractivity contribution in [3.8, 4) is 0 Å². The number of carbonyl (C=O) groups is 1. The molecule has 5 nitrogen and oxygen atoms in total. The lowest BCUT2D eigenvalue weighted by Crippen LogP contribution is -2.29. The number of thiophene rings is 1. The van der Waals surface area contributed by atoms with Gasteiger partial charge in [-0.15, -0.1) is 11.3 Å². The highest BCUT2D eigenvalue weighted by Crippen LogP contribution is 2.22. The molecule has 0 spiro atoms. The maximum absolute atomic E-state index is 13.2. The molecule has 0 unspecified atom stereocenters. The molecular formula is C25H24ClN3O2S. The lowest BCUT2D eigenvalue weighted by Gasteiger charge is -2.16. The van der Waals surface area contributed by atoms with E-state index in [0.717, 1.165) is 22.3 Å². The summed E-state index contributed by atoms with van der Waals surface area (Å²) in [5.41, 5.74) is 3.06. The van der Waals surface area contributed by atoms with Crippen molar-refractivity contribution in [3.05, 3.63) is 97.6 Å². The van der Waals surface area contributed by atoms with Crippen LogP contribution in [0.15, 0.2) is 71.5 Å². The van der Waals surface area contributed by atoms with Gasteiger partial charge in [-0.05, 0) is 36.2 Å². The molecule has 0 bridgehead atoms. The number of aromatic nitrogens is 2. The maximum Gasteiger partial charge on any atom is 0.272 e. The van der Waals surface area contributed by atoms with Crippen molar-refractivity contribution in [1.29, 1.82) is 0 Å². The largest absolute Gasteiger partial charge is 0.341 e. The molecule has 32 heavy (non-hydrogen) atoms. The van der Waals surface area contributed by atoms with E-state index in [0.29, 0.717) is 29.5 Å². The third-order valence-electron chi connectivity index (χ3n) is 5.41. The lowest BCUT2D eigenvalue weighted by molar-refractivity contribution is -0.130. The highest BCUT2D eigenvalue weighted by atomic mass is 35.5. The molecular weight excluding hydrogens is 442 g/mol. The summed E-state index contributed by atoms with van der Waals surface area (Å²) in [7, 11) is 1.77. The van der Waals surface area contributed by atoms with Crippen LogP contribution in [0.5, 0.6) is 0 Å². The summed E-state index contributed by atoms with van der Waals surface area (Å²) in [6, 6.07) is 21.5. The van der Waals surface area contributed by atoms with Gasteiger partial charge in [-0.2, -0.15) is 0 Å². The summed E-state index contributed by atoms with van der Waals surface area (Å²) in [4.78, 5) is 33.2. The zero-order valence-corrected chi connectivity index (χ0v) is 19.4. The Hall–Kier alpha value is -2.96. The van der Waals surface area contributed by atoms with Gasteiger partial charge in [-0.25, -0.2) is 4.98 Å². The molecule has 4 aromatic rings. The first-order valence-corrected chi connectivity index (χ1v) is 11.7. The second-order valence-corrected chi connectivity index (χ2v) is 9.49. The number of amides is 1. The Kier molecular flexibility index (Phi) is 7.02. The number of aryl methyl sites for hydroxylation is 3. The minimum absolute atomic E-state index is 0.0280. The summed E-state index contributed by atoms with van der Waals surface area (Å²) in [5, 5.41) is 0. The van der Waals surface area contributed by atoms with Crippen LogP contribution in [0.1, 0.15) is 22.6 Å². The Morgan fingerprint density at radius 2 is 1.78 bits per heavy atom. The number of carbonyl (C=O) groups excluding carboxylic acids is 1. The van der Waals surface area contributed by atoms with Crippen LogP contribution < -0.4 is 5.56 Å². The van der Waals surface area contributed by atoms with Gasteiger partial charge < -0.3 is 9.47 Å². The number of rotatable bonds is 8. The average molecular weight is 466 g/mol. The molecule has 1 amide bonds. The molecule has 0 aliphatic carbocycles. The van der Waals surface area contributed by atoms with Gasteiger partial charge in [-0.1, -0.05) is 54.1 Å². The fraction of sp³-hybridized carbons (Fsp3) is 0.240. The second-order valence-electron chi connectivity index (χ2n) is 7.70. The number of hydrogen-bond donors (Lipinski definition) is 0. The Morgan fingerprint density at radius 3 is 2.53 bits per heavy atom. The SMILES string of the molecule is CN(Cc1ccc(Cl)s1)C(=O)CCc1nc2ccccc2n(CCc2ccccc2)c1=O. The molecule has 0 radical (unpaired) electrons. The van der Waals surface area contributed by atoms with E-state index >= 15 is 0 Å². The molecule has 0 fully saturated rings. The zero-order valence-electron chi connectivity index (χ0n) is 17.8. The predicted octanol–water partition coefficient (Wildman–Crippen LogP) is 4.95. The highest BCUT2D eigenvalue weighted by molar-refractivity contribution is 7.16. The fourth-order valence-electron chi connectivity index (χ4n) is 3.69. The molecule has 2 aromatic carbocycles. The minimum atomic E-state index is -0.125. The van der Waals surface area contributed by atoms with E-state index in [2.05, 4.69) is 17.1 Å². The van der Waals surface area contributed by atoms with Gasteiger partial charge in [0, 0.05) is 31.3 Å². The van der Waals surface area contributed by atoms with E-state index in [1.807, 2.05) is 54.6 Å². The Morgan fingerprint density at radius 1 is 1.03 bits per heavy atom. The summed E-state index contributed by atoms with van der Waals surface area (Å²) in [5.74, 6) is -0.0280. The summed E-state index contributed by atoms with van der Waals surface area (Å²) in [6.07, 6.45) is 1.29. The van der Waals surface area contributed by atoms with Gasteiger partial charge in [0.15, 0.2) is 0 Å². The molecule has 0 saturated heterocycles. The number of benzene rings is 2. The van der Waals surface area contributed by atoms with Gasteiger partial charge in [0.25, 0.3) is 5.56 Å². The van der Waals surface area contributed by atoms with Gasteiger partial charge in [0.05, 0.1) is 21.9 Å². The highest BCUT2D eigenvalue weighted by Gasteiger charge is 2.15. The van der Waals surface area contributed by atoms with E-state index in [4.69, 9.17) is 11.6 Å². The molecule has 0 N–H and O–H groups in total. The third kappa shape index (κ3) is 5.26. The molecule has 164 valence electrons. The fourth-order valence-corrected chi connectivity index (χ4v) is 4.83. The molecule has 4 rings (SSSR count). The van der Waals surface area contributed by atoms with Gasteiger partial charge in [-0.3, -0.25) is 9.59 Å². The van der Waals surface area contributed by atoms with E-state index in [9.17, 15) is 9.59 Å². The Bertz CT molecular complexity index is 1280. The van der Waals surface area contributed by atoms with E-state index in [-0.39, 0.29) is 17.9 Å². The first-order chi connectivity index (χ1) is 15.5. The normalized spacial score (nSPS) is 11.1. The second kappa shape index (κ2) is 10.1. The standard InChI is InChI=1S/C25H24ClN3O2S/c1-28(17-19-11-13-23(26)32-19)24(30)14-12-21-25(31)29(16-15-18-7-3-2-4-8-18)22-10-6-5-9-20(22)27-21/h2-11,13H,12,14-17H2,1H3. The maximum atomic E-state index is 13.2. The number of nitrogens with zero attached hydrogens (tertiary/aromatic N) is 3. The molecule has 7 heteroatoms. The Balaban J connectivity index is 1.51. The van der Waals surface area contributed by atoms with Crippen molar-refractivity contribution >= 4 is 39.9 Å². The summed E-state index contributed by atoms with van der Waals surface area (Å²) >= 11 is 7.44. The van der Waals surface area contributed by atoms with Crippen molar-refractivity contribution in [2.24, 2.45) is 0 Å². The lowest BCUT2D eigenvalue weighted by atomic mass is 10.1. The monoisotopic (exact) mass is 465 g/mol. The van der Waals surface area contributed by atoms with Crippen LogP contribution in [0.2, 0.25) is 4.34 Å². The Labute approximate surface area is 195 Å². The van der Waals surface area contributed by atoms with E-state index in [1.54, 1.807) is 16.5 Å². The molecule has 0 aliphatic heterocycles. The van der Waals surface area contributed by atoms with Crippen LogP contribution in [0.3, 0.4) is 0 Å². The molecule has 0 saturated carbocycles. The number of hydrogen-bond acceptors (Lipinski definition) is 4. The van der Waals surface area contributed by atoms with Crippen molar-refractivity contribution in [2.45, 2.75) is 32.4 Å². The summed E-state index contributed by atoms with van der Waals surface area (Å²) < 4.78 is 2.49. The number of halogens is 1. The van der Waals surface area contributed by atoms with Crippen LogP contribution in [0.25, 0.3) is 11.0 Å². The molecule has 2 aromatic heterocycles. The van der Waals surface area contributed by atoms with Gasteiger partial charge in [0.2, 0.25) is 5.91 Å². The smallest absolute Gasteiger partial charge is 0.272 e. The van der Waals surface area contributed by atoms with E-state index < -0.39 is 0 Å². The van der Waals surface area contributed by atoms with Crippen molar-refractivity contribution < 1.29 is 4.79 Å². The molecule has 0 aliphatic rings. The van der Waals surface area contributed by atoms with Gasteiger partial charge >= 0.3 is 0 Å². The van der Waals surface area contributed by atoms with Crippen molar-refractivity contribution in [3.63, 3.8) is 0 Å². The first-order valence-electron chi connectivity index (χ1n) is 10.5. The number of fused-ring (bicyclic) bond motifs is 1. The molecule has 0 atom stereocenters. The first kappa shape index (κ1) is 22.2. The van der Waals surface area contributed by atoms with Crippen LogP contribution in [-0.4, -0.2) is 27.4 Å². The average Bonchev–Trinajstić information content (AvgIpc) is 3.22. The zero-order chi connectivity index (χ0) is 22.5. The third-order valence-corrected chi connectivity index (χ3v) is 6.63. The minimum Gasteiger partial charge on any atom is -0.341 e. The van der Waals surface area contributed by atoms with Crippen LogP contribution in [0, 0.1) is 0 Å².